The lowest BCUT2D eigenvalue weighted by Gasteiger charge is -2.33. The van der Waals surface area contributed by atoms with E-state index in [0.717, 1.165) is 50.3 Å². The van der Waals surface area contributed by atoms with E-state index in [1.807, 2.05) is 0 Å². The van der Waals surface area contributed by atoms with Gasteiger partial charge in [-0.15, -0.1) is 0 Å². The van der Waals surface area contributed by atoms with Crippen LogP contribution in [-0.4, -0.2) is 0 Å². The van der Waals surface area contributed by atoms with E-state index in [0.29, 0.717) is 11.8 Å². The largest absolute Gasteiger partial charge is 0.452 e. The van der Waals surface area contributed by atoms with Crippen LogP contribution in [-0.2, 0) is 0 Å². The van der Waals surface area contributed by atoms with Gasteiger partial charge >= 0.3 is 0 Å². The maximum atomic E-state index is 6.60. The molecule has 10 aromatic rings. The number of allylic oxidation sites excluding steroid dienone is 3. The summed E-state index contributed by atoms with van der Waals surface area (Å²) in [6.45, 7) is 0. The summed E-state index contributed by atoms with van der Waals surface area (Å²) in [5.41, 5.74) is 13.6. The zero-order chi connectivity index (χ0) is 35.3. The fourth-order valence-electron chi connectivity index (χ4n) is 9.54. The van der Waals surface area contributed by atoms with Crippen molar-refractivity contribution < 1.29 is 8.83 Å². The molecule has 2 heteroatoms. The molecule has 0 saturated heterocycles. The number of hydrogen-bond acceptors (Lipinski definition) is 2. The summed E-state index contributed by atoms with van der Waals surface area (Å²) in [5, 5.41) is 9.33. The van der Waals surface area contributed by atoms with Crippen molar-refractivity contribution >= 4 is 71.0 Å². The molecule has 0 bridgehead atoms. The number of furan rings is 2. The molecule has 0 amide bonds. The number of fused-ring (bicyclic) bond motifs is 12. The van der Waals surface area contributed by atoms with Gasteiger partial charge in [-0.05, 0) is 127 Å². The Morgan fingerprint density at radius 2 is 1.07 bits per heavy atom. The molecular formula is C52H34O2. The highest BCUT2D eigenvalue weighted by Crippen LogP contribution is 2.48. The highest BCUT2D eigenvalue weighted by atomic mass is 16.4. The van der Waals surface area contributed by atoms with Gasteiger partial charge < -0.3 is 8.83 Å². The SMILES string of the molecule is C1=CC2C=C(c3ccc(-c4ccc5oc6c(ccc7c8cc(-c9ccc%10ccccc%10c9)ccc8oc76)c5c4)c4ccccc34)c3ccccc3C2CC1. The van der Waals surface area contributed by atoms with Crippen molar-refractivity contribution in [3.8, 4) is 22.3 Å². The van der Waals surface area contributed by atoms with Crippen LogP contribution in [0.2, 0.25) is 0 Å². The summed E-state index contributed by atoms with van der Waals surface area (Å²) in [4.78, 5) is 0. The van der Waals surface area contributed by atoms with Gasteiger partial charge in [-0.25, -0.2) is 0 Å². The highest BCUT2D eigenvalue weighted by molar-refractivity contribution is 6.20. The Balaban J connectivity index is 0.976. The molecule has 2 aliphatic carbocycles. The second-order valence-corrected chi connectivity index (χ2v) is 15.1. The summed E-state index contributed by atoms with van der Waals surface area (Å²) in [7, 11) is 0. The van der Waals surface area contributed by atoms with Crippen molar-refractivity contribution in [3.63, 3.8) is 0 Å². The minimum Gasteiger partial charge on any atom is -0.452 e. The Morgan fingerprint density at radius 1 is 0.444 bits per heavy atom. The lowest BCUT2D eigenvalue weighted by Crippen LogP contribution is -2.18. The lowest BCUT2D eigenvalue weighted by atomic mass is 9.70. The molecule has 2 aliphatic rings. The Kier molecular flexibility index (Phi) is 6.32. The van der Waals surface area contributed by atoms with Crippen LogP contribution in [0.25, 0.3) is 93.2 Å². The van der Waals surface area contributed by atoms with Crippen LogP contribution in [0.5, 0.6) is 0 Å². The third-order valence-corrected chi connectivity index (χ3v) is 12.2. The average Bonchev–Trinajstić information content (AvgIpc) is 3.81. The van der Waals surface area contributed by atoms with Crippen molar-refractivity contribution in [1.29, 1.82) is 0 Å². The molecule has 2 unspecified atom stereocenters. The third kappa shape index (κ3) is 4.40. The first-order valence-electron chi connectivity index (χ1n) is 19.1. The van der Waals surface area contributed by atoms with Gasteiger partial charge in [0.25, 0.3) is 0 Å². The maximum absolute atomic E-state index is 6.60. The van der Waals surface area contributed by atoms with Crippen LogP contribution >= 0.6 is 0 Å². The predicted molar refractivity (Wildman–Crippen MR) is 225 cm³/mol. The summed E-state index contributed by atoms with van der Waals surface area (Å²) >= 11 is 0. The molecule has 0 spiro atoms. The minimum atomic E-state index is 0.434. The molecule has 0 saturated carbocycles. The minimum absolute atomic E-state index is 0.434. The Hall–Kier alpha value is -6.64. The van der Waals surface area contributed by atoms with Gasteiger partial charge in [0.05, 0.1) is 0 Å². The first-order valence-corrected chi connectivity index (χ1v) is 19.1. The summed E-state index contributed by atoms with van der Waals surface area (Å²) in [6, 6.07) is 55.3. The van der Waals surface area contributed by atoms with Crippen LogP contribution in [0.1, 0.15) is 35.4 Å². The molecule has 2 aromatic heterocycles. The van der Waals surface area contributed by atoms with Crippen LogP contribution in [0.15, 0.2) is 179 Å². The van der Waals surface area contributed by atoms with E-state index >= 15 is 0 Å². The van der Waals surface area contributed by atoms with Gasteiger partial charge in [-0.1, -0.05) is 127 Å². The second-order valence-electron chi connectivity index (χ2n) is 15.1. The third-order valence-electron chi connectivity index (χ3n) is 12.2. The topological polar surface area (TPSA) is 26.3 Å². The summed E-state index contributed by atoms with van der Waals surface area (Å²) < 4.78 is 13.2. The molecule has 254 valence electrons. The highest BCUT2D eigenvalue weighted by Gasteiger charge is 2.30. The Labute approximate surface area is 312 Å². The van der Waals surface area contributed by atoms with Gasteiger partial charge in [-0.2, -0.15) is 0 Å². The van der Waals surface area contributed by atoms with Crippen LogP contribution in [0.3, 0.4) is 0 Å². The lowest BCUT2D eigenvalue weighted by molar-refractivity contribution is 0.524. The van der Waals surface area contributed by atoms with E-state index in [2.05, 4.69) is 170 Å². The molecule has 12 rings (SSSR count). The first kappa shape index (κ1) is 29.9. The molecule has 2 atom stereocenters. The number of rotatable bonds is 3. The van der Waals surface area contributed by atoms with Crippen molar-refractivity contribution in [1.82, 2.24) is 0 Å². The monoisotopic (exact) mass is 690 g/mol. The van der Waals surface area contributed by atoms with Crippen LogP contribution in [0.4, 0.5) is 0 Å². The van der Waals surface area contributed by atoms with Gasteiger partial charge in [0.15, 0.2) is 11.2 Å². The molecule has 8 aromatic carbocycles. The molecular weight excluding hydrogens is 657 g/mol. The molecule has 0 radical (unpaired) electrons. The van der Waals surface area contributed by atoms with Crippen LogP contribution < -0.4 is 0 Å². The fraction of sp³-hybridized carbons (Fsp3) is 0.0769. The maximum Gasteiger partial charge on any atom is 0.178 e. The Bertz CT molecular complexity index is 3240. The van der Waals surface area contributed by atoms with E-state index in [9.17, 15) is 0 Å². The van der Waals surface area contributed by atoms with E-state index in [1.165, 1.54) is 72.5 Å². The number of benzene rings is 8. The number of hydrogen-bond donors (Lipinski definition) is 0. The first-order chi connectivity index (χ1) is 26.7. The van der Waals surface area contributed by atoms with E-state index in [1.54, 1.807) is 0 Å². The molecule has 54 heavy (non-hydrogen) atoms. The Morgan fingerprint density at radius 3 is 1.89 bits per heavy atom. The van der Waals surface area contributed by atoms with E-state index in [-0.39, 0.29) is 0 Å². The zero-order valence-corrected chi connectivity index (χ0v) is 29.6. The van der Waals surface area contributed by atoms with Gasteiger partial charge in [0.2, 0.25) is 0 Å². The standard InChI is InChI=1S/C52H34O2/c1-2-10-32-27-33(18-17-31(32)9-1)34-19-25-49-47(28-34)44-23-24-45-48-30-36(20-26-50(48)54-52(45)51(44)53-49)38-21-22-43(41-15-7-5-14-40(38)41)46-29-35-11-3-4-12-37(35)39-13-6-8-16-42(39)46/h1-3,5-11,13-30,35,37H,4,12H2. The fourth-order valence-corrected chi connectivity index (χ4v) is 9.54. The molecule has 0 fully saturated rings. The van der Waals surface area contributed by atoms with Crippen molar-refractivity contribution in [2.45, 2.75) is 18.8 Å². The quantitative estimate of drug-likeness (QED) is 0.173. The molecule has 0 aliphatic heterocycles. The van der Waals surface area contributed by atoms with Gasteiger partial charge in [-0.3, -0.25) is 0 Å². The smallest absolute Gasteiger partial charge is 0.178 e. The van der Waals surface area contributed by atoms with Crippen molar-refractivity contribution in [3.05, 3.63) is 187 Å². The second kappa shape index (κ2) is 11.4. The summed E-state index contributed by atoms with van der Waals surface area (Å²) in [6.07, 6.45) is 9.68. The normalized spacial score (nSPS) is 16.8. The van der Waals surface area contributed by atoms with Crippen LogP contribution in [0, 0.1) is 5.92 Å². The van der Waals surface area contributed by atoms with Gasteiger partial charge in [0.1, 0.15) is 11.2 Å². The predicted octanol–water partition coefficient (Wildman–Crippen LogP) is 14.6. The van der Waals surface area contributed by atoms with E-state index in [4.69, 9.17) is 8.83 Å². The summed E-state index contributed by atoms with van der Waals surface area (Å²) in [5.74, 6) is 0.995. The van der Waals surface area contributed by atoms with Crippen molar-refractivity contribution in [2.75, 3.05) is 0 Å². The van der Waals surface area contributed by atoms with Gasteiger partial charge in [0, 0.05) is 27.5 Å². The average molecular weight is 691 g/mol. The molecule has 0 N–H and O–H groups in total. The van der Waals surface area contributed by atoms with E-state index < -0.39 is 0 Å². The van der Waals surface area contributed by atoms with Crippen molar-refractivity contribution in [2.24, 2.45) is 5.92 Å². The zero-order valence-electron chi connectivity index (χ0n) is 29.6. The molecule has 2 nitrogen and oxygen atoms in total. The molecule has 2 heterocycles.